The number of methoxy groups -OCH3 is 1. The summed E-state index contributed by atoms with van der Waals surface area (Å²) in [7, 11) is 3.47. The molecule has 2 N–H and O–H groups in total. The third kappa shape index (κ3) is 8.24. The normalized spacial score (nSPS) is 13.0. The van der Waals surface area contributed by atoms with Crippen molar-refractivity contribution in [3.05, 3.63) is 29.3 Å². The first-order valence-corrected chi connectivity index (χ1v) is 8.59. The SMILES string of the molecule is CN=C(NCCCOCCOC)NCCc1ccc2c(c1)CCO2.I. The van der Waals surface area contributed by atoms with Gasteiger partial charge in [0.15, 0.2) is 5.96 Å². The van der Waals surface area contributed by atoms with Crippen molar-refractivity contribution in [2.45, 2.75) is 19.3 Å². The van der Waals surface area contributed by atoms with Gasteiger partial charge < -0.3 is 24.8 Å². The van der Waals surface area contributed by atoms with E-state index in [4.69, 9.17) is 14.2 Å². The number of nitrogens with one attached hydrogen (secondary N) is 2. The van der Waals surface area contributed by atoms with Crippen molar-refractivity contribution in [1.29, 1.82) is 0 Å². The first kappa shape index (κ1) is 22.0. The molecule has 0 saturated carbocycles. The van der Waals surface area contributed by atoms with E-state index in [0.717, 1.165) is 57.3 Å². The Bertz CT molecular complexity index is 526. The van der Waals surface area contributed by atoms with Gasteiger partial charge in [-0.3, -0.25) is 4.99 Å². The summed E-state index contributed by atoms with van der Waals surface area (Å²) in [6.45, 7) is 4.51. The highest BCUT2D eigenvalue weighted by Crippen LogP contribution is 2.25. The first-order chi connectivity index (χ1) is 11.8. The highest BCUT2D eigenvalue weighted by atomic mass is 127. The number of halogens is 1. The van der Waals surface area contributed by atoms with Crippen LogP contribution in [-0.4, -0.2) is 59.6 Å². The lowest BCUT2D eigenvalue weighted by Gasteiger charge is -2.12. The summed E-state index contributed by atoms with van der Waals surface area (Å²) in [5.74, 6) is 1.87. The van der Waals surface area contributed by atoms with Gasteiger partial charge in [-0.1, -0.05) is 12.1 Å². The standard InChI is InChI=1S/C18H29N3O3.HI/c1-19-18(20-8-3-10-23-13-12-22-2)21-9-6-15-4-5-17-16(14-15)7-11-24-17;/h4-5,14H,3,6-13H2,1-2H3,(H2,19,20,21);1H. The van der Waals surface area contributed by atoms with Crippen LogP contribution in [0, 0.1) is 0 Å². The number of nitrogens with zero attached hydrogens (tertiary/aromatic N) is 1. The summed E-state index contributed by atoms with van der Waals surface area (Å²) in [6, 6.07) is 6.46. The molecular formula is C18H30IN3O3. The van der Waals surface area contributed by atoms with Gasteiger partial charge in [0, 0.05) is 40.3 Å². The molecule has 0 atom stereocenters. The fourth-order valence-corrected chi connectivity index (χ4v) is 2.57. The number of guanidine groups is 1. The molecule has 25 heavy (non-hydrogen) atoms. The van der Waals surface area contributed by atoms with Crippen molar-refractivity contribution in [2.75, 3.05) is 53.7 Å². The van der Waals surface area contributed by atoms with Gasteiger partial charge in [-0.25, -0.2) is 0 Å². The van der Waals surface area contributed by atoms with Gasteiger partial charge in [0.05, 0.1) is 19.8 Å². The van der Waals surface area contributed by atoms with Crippen molar-refractivity contribution in [3.8, 4) is 5.75 Å². The average Bonchev–Trinajstić information content (AvgIpc) is 3.07. The van der Waals surface area contributed by atoms with Crippen LogP contribution in [0.2, 0.25) is 0 Å². The van der Waals surface area contributed by atoms with Gasteiger partial charge in [-0.15, -0.1) is 24.0 Å². The summed E-state index contributed by atoms with van der Waals surface area (Å²) in [4.78, 5) is 4.24. The van der Waals surface area contributed by atoms with Gasteiger partial charge in [0.25, 0.3) is 0 Å². The smallest absolute Gasteiger partial charge is 0.190 e. The first-order valence-electron chi connectivity index (χ1n) is 8.59. The van der Waals surface area contributed by atoms with E-state index in [1.54, 1.807) is 14.2 Å². The number of aliphatic imine (C=N–C) groups is 1. The second kappa shape index (κ2) is 13.2. The van der Waals surface area contributed by atoms with E-state index >= 15 is 0 Å². The summed E-state index contributed by atoms with van der Waals surface area (Å²) in [5, 5.41) is 6.64. The number of benzene rings is 1. The lowest BCUT2D eigenvalue weighted by molar-refractivity contribution is 0.0698. The summed E-state index contributed by atoms with van der Waals surface area (Å²) in [5.41, 5.74) is 2.65. The van der Waals surface area contributed by atoms with E-state index < -0.39 is 0 Å². The number of fused-ring (bicyclic) bond motifs is 1. The maximum atomic E-state index is 5.54. The zero-order valence-corrected chi connectivity index (χ0v) is 17.5. The molecule has 2 rings (SSSR count). The maximum absolute atomic E-state index is 5.54. The van der Waals surface area contributed by atoms with Gasteiger partial charge in [-0.2, -0.15) is 0 Å². The Hall–Kier alpha value is -1.06. The van der Waals surface area contributed by atoms with Crippen LogP contribution in [0.15, 0.2) is 23.2 Å². The molecule has 142 valence electrons. The molecule has 0 fully saturated rings. The van der Waals surface area contributed by atoms with Crippen LogP contribution in [0.5, 0.6) is 5.75 Å². The molecule has 0 bridgehead atoms. The zero-order chi connectivity index (χ0) is 17.0. The maximum Gasteiger partial charge on any atom is 0.190 e. The van der Waals surface area contributed by atoms with E-state index in [1.165, 1.54) is 11.1 Å². The van der Waals surface area contributed by atoms with Crippen molar-refractivity contribution < 1.29 is 14.2 Å². The minimum absolute atomic E-state index is 0. The lowest BCUT2D eigenvalue weighted by atomic mass is 10.1. The lowest BCUT2D eigenvalue weighted by Crippen LogP contribution is -2.39. The highest BCUT2D eigenvalue weighted by molar-refractivity contribution is 14.0. The Balaban J connectivity index is 0.00000312. The van der Waals surface area contributed by atoms with E-state index in [1.807, 2.05) is 0 Å². The molecule has 0 amide bonds. The van der Waals surface area contributed by atoms with Gasteiger partial charge >= 0.3 is 0 Å². The minimum Gasteiger partial charge on any atom is -0.493 e. The van der Waals surface area contributed by atoms with Gasteiger partial charge in [-0.05, 0) is 30.0 Å². The number of ether oxygens (including phenoxy) is 3. The van der Waals surface area contributed by atoms with E-state index in [9.17, 15) is 0 Å². The average molecular weight is 463 g/mol. The van der Waals surface area contributed by atoms with Crippen molar-refractivity contribution >= 4 is 29.9 Å². The Morgan fingerprint density at radius 1 is 1.20 bits per heavy atom. The number of hydrogen-bond donors (Lipinski definition) is 2. The molecule has 0 saturated heterocycles. The molecule has 0 aromatic heterocycles. The molecule has 1 aromatic rings. The fourth-order valence-electron chi connectivity index (χ4n) is 2.57. The van der Waals surface area contributed by atoms with Crippen LogP contribution in [0.25, 0.3) is 0 Å². The zero-order valence-electron chi connectivity index (χ0n) is 15.2. The van der Waals surface area contributed by atoms with E-state index in [-0.39, 0.29) is 24.0 Å². The molecule has 1 aromatic carbocycles. The van der Waals surface area contributed by atoms with E-state index in [2.05, 4.69) is 33.8 Å². The van der Waals surface area contributed by atoms with Gasteiger partial charge in [0.2, 0.25) is 0 Å². The largest absolute Gasteiger partial charge is 0.493 e. The molecule has 1 aliphatic heterocycles. The predicted molar refractivity (Wildman–Crippen MR) is 111 cm³/mol. The molecule has 0 unspecified atom stereocenters. The molecule has 0 aliphatic carbocycles. The van der Waals surface area contributed by atoms with E-state index in [0.29, 0.717) is 13.2 Å². The van der Waals surface area contributed by atoms with Crippen LogP contribution in [0.3, 0.4) is 0 Å². The predicted octanol–water partition coefficient (Wildman–Crippen LogP) is 2.00. The van der Waals surface area contributed by atoms with Crippen LogP contribution in [0.4, 0.5) is 0 Å². The Morgan fingerprint density at radius 3 is 2.84 bits per heavy atom. The fraction of sp³-hybridized carbons (Fsp3) is 0.611. The second-order valence-electron chi connectivity index (χ2n) is 5.68. The van der Waals surface area contributed by atoms with Crippen molar-refractivity contribution in [2.24, 2.45) is 4.99 Å². The molecule has 1 heterocycles. The Kier molecular flexibility index (Phi) is 11.6. The molecule has 0 spiro atoms. The Labute approximate surface area is 167 Å². The molecule has 1 aliphatic rings. The van der Waals surface area contributed by atoms with Crippen molar-refractivity contribution in [3.63, 3.8) is 0 Å². The Morgan fingerprint density at radius 2 is 2.04 bits per heavy atom. The summed E-state index contributed by atoms with van der Waals surface area (Å²) in [6.07, 6.45) is 2.93. The van der Waals surface area contributed by atoms with Crippen LogP contribution < -0.4 is 15.4 Å². The third-order valence-corrected chi connectivity index (χ3v) is 3.87. The quantitative estimate of drug-likeness (QED) is 0.241. The van der Waals surface area contributed by atoms with Crippen molar-refractivity contribution in [1.82, 2.24) is 10.6 Å². The van der Waals surface area contributed by atoms with Gasteiger partial charge in [0.1, 0.15) is 5.75 Å². The van der Waals surface area contributed by atoms with Crippen LogP contribution >= 0.6 is 24.0 Å². The highest BCUT2D eigenvalue weighted by Gasteiger charge is 2.11. The second-order valence-corrected chi connectivity index (χ2v) is 5.68. The molecule has 7 heteroatoms. The molecule has 0 radical (unpaired) electrons. The third-order valence-electron chi connectivity index (χ3n) is 3.87. The monoisotopic (exact) mass is 463 g/mol. The van der Waals surface area contributed by atoms with Crippen LogP contribution in [0.1, 0.15) is 17.5 Å². The summed E-state index contributed by atoms with van der Waals surface area (Å²) < 4.78 is 15.9. The number of rotatable bonds is 10. The number of hydrogen-bond acceptors (Lipinski definition) is 4. The summed E-state index contributed by atoms with van der Waals surface area (Å²) >= 11 is 0. The molecule has 6 nitrogen and oxygen atoms in total. The topological polar surface area (TPSA) is 64.1 Å². The van der Waals surface area contributed by atoms with Crippen LogP contribution in [-0.2, 0) is 22.3 Å². The molecular weight excluding hydrogens is 433 g/mol. The minimum atomic E-state index is 0.